The first-order valence-electron chi connectivity index (χ1n) is 11.1. The third-order valence-corrected chi connectivity index (χ3v) is 13.3. The van der Waals surface area contributed by atoms with Gasteiger partial charge in [-0.25, -0.2) is 0 Å². The Labute approximate surface area is 177 Å². The van der Waals surface area contributed by atoms with Gasteiger partial charge in [-0.15, -0.1) is 0 Å². The summed E-state index contributed by atoms with van der Waals surface area (Å²) in [6.07, 6.45) is 1.75. The van der Waals surface area contributed by atoms with Crippen LogP contribution >= 0.6 is 0 Å². The normalized spacial score (nSPS) is 18.9. The summed E-state index contributed by atoms with van der Waals surface area (Å²) in [4.78, 5) is 23.6. The number of carbonyl (C=O) groups excluding carboxylic acids is 2. The van der Waals surface area contributed by atoms with Crippen molar-refractivity contribution in [2.45, 2.75) is 92.4 Å². The van der Waals surface area contributed by atoms with Gasteiger partial charge in [-0.3, -0.25) is 9.59 Å². The number of fused-ring (bicyclic) bond motifs is 1. The van der Waals surface area contributed by atoms with Gasteiger partial charge in [-0.2, -0.15) is 0 Å². The standard InChI is InChI=1S/C24H38O4Si/c1-9-29(10-2,11-3)14-20-13-22-21(12-15(20)4)23(27-18(7)25)16(5)17(6)24(22)28-19(8)26/h15,20H,9-14H2,1-8H3/t15-,20+/m0/s1. The third-order valence-electron chi connectivity index (χ3n) is 7.39. The molecule has 0 spiro atoms. The molecule has 0 heterocycles. The lowest BCUT2D eigenvalue weighted by molar-refractivity contribution is -0.133. The van der Waals surface area contributed by atoms with Crippen molar-refractivity contribution in [3.63, 3.8) is 0 Å². The Morgan fingerprint density at radius 2 is 1.28 bits per heavy atom. The van der Waals surface area contributed by atoms with Gasteiger partial charge in [0, 0.05) is 25.0 Å². The van der Waals surface area contributed by atoms with Crippen molar-refractivity contribution in [1.82, 2.24) is 0 Å². The lowest BCUT2D eigenvalue weighted by Crippen LogP contribution is -2.38. The van der Waals surface area contributed by atoms with Gasteiger partial charge in [0.1, 0.15) is 11.5 Å². The number of rotatable bonds is 7. The van der Waals surface area contributed by atoms with Crippen LogP contribution in [0.25, 0.3) is 0 Å². The lowest BCUT2D eigenvalue weighted by atomic mass is 9.75. The van der Waals surface area contributed by atoms with E-state index in [1.165, 1.54) is 38.0 Å². The maximum absolute atomic E-state index is 11.8. The van der Waals surface area contributed by atoms with Gasteiger partial charge in [0.15, 0.2) is 0 Å². The Kier molecular flexibility index (Phi) is 7.72. The molecule has 5 heteroatoms. The maximum Gasteiger partial charge on any atom is 0.308 e. The molecule has 0 radical (unpaired) electrons. The van der Waals surface area contributed by atoms with E-state index in [2.05, 4.69) is 27.7 Å². The van der Waals surface area contributed by atoms with Crippen LogP contribution < -0.4 is 9.47 Å². The van der Waals surface area contributed by atoms with E-state index in [0.717, 1.165) is 35.1 Å². The molecular weight excluding hydrogens is 380 g/mol. The molecule has 0 aliphatic heterocycles. The minimum absolute atomic E-state index is 0.301. The molecule has 0 unspecified atom stereocenters. The van der Waals surface area contributed by atoms with Crippen LogP contribution in [0.3, 0.4) is 0 Å². The molecular formula is C24H38O4Si. The van der Waals surface area contributed by atoms with Gasteiger partial charge in [-0.1, -0.05) is 51.9 Å². The minimum Gasteiger partial charge on any atom is -0.426 e. The highest BCUT2D eigenvalue weighted by atomic mass is 28.3. The minimum atomic E-state index is -1.27. The van der Waals surface area contributed by atoms with E-state index in [-0.39, 0.29) is 11.9 Å². The summed E-state index contributed by atoms with van der Waals surface area (Å²) in [6, 6.07) is 5.27. The van der Waals surface area contributed by atoms with Crippen molar-refractivity contribution >= 4 is 20.0 Å². The highest BCUT2D eigenvalue weighted by Gasteiger charge is 2.38. The molecule has 0 amide bonds. The maximum atomic E-state index is 11.8. The number of hydrogen-bond acceptors (Lipinski definition) is 4. The molecule has 0 saturated heterocycles. The predicted molar refractivity (Wildman–Crippen MR) is 121 cm³/mol. The van der Waals surface area contributed by atoms with Crippen LogP contribution in [-0.2, 0) is 22.4 Å². The quantitative estimate of drug-likeness (QED) is 0.309. The number of hydrogen-bond donors (Lipinski definition) is 0. The molecule has 0 fully saturated rings. The zero-order valence-electron chi connectivity index (χ0n) is 19.5. The molecule has 1 aromatic carbocycles. The van der Waals surface area contributed by atoms with Crippen LogP contribution in [0.4, 0.5) is 0 Å². The van der Waals surface area contributed by atoms with Gasteiger partial charge in [0.05, 0.1) is 8.07 Å². The second-order valence-electron chi connectivity index (χ2n) is 8.96. The van der Waals surface area contributed by atoms with Gasteiger partial charge in [0.2, 0.25) is 0 Å². The predicted octanol–water partition coefficient (Wildman–Crippen LogP) is 6.01. The van der Waals surface area contributed by atoms with Crippen molar-refractivity contribution in [3.8, 4) is 11.5 Å². The van der Waals surface area contributed by atoms with E-state index < -0.39 is 8.07 Å². The zero-order chi connectivity index (χ0) is 21.9. The summed E-state index contributed by atoms with van der Waals surface area (Å²) in [7, 11) is -1.27. The molecule has 0 aromatic heterocycles. The van der Waals surface area contributed by atoms with Crippen molar-refractivity contribution in [2.24, 2.45) is 11.8 Å². The molecule has 162 valence electrons. The number of ether oxygens (including phenoxy) is 2. The highest BCUT2D eigenvalue weighted by molar-refractivity contribution is 6.79. The first-order valence-corrected chi connectivity index (χ1v) is 13.9. The Balaban J connectivity index is 2.58. The van der Waals surface area contributed by atoms with Gasteiger partial charge >= 0.3 is 11.9 Å². The van der Waals surface area contributed by atoms with Crippen LogP contribution in [-0.4, -0.2) is 20.0 Å². The first kappa shape index (κ1) is 23.7. The van der Waals surface area contributed by atoms with Crippen molar-refractivity contribution in [1.29, 1.82) is 0 Å². The van der Waals surface area contributed by atoms with Crippen molar-refractivity contribution < 1.29 is 19.1 Å². The zero-order valence-corrected chi connectivity index (χ0v) is 20.5. The first-order chi connectivity index (χ1) is 13.6. The van der Waals surface area contributed by atoms with E-state index in [4.69, 9.17) is 9.47 Å². The molecule has 0 N–H and O–H groups in total. The molecule has 1 aliphatic carbocycles. The third kappa shape index (κ3) is 4.93. The summed E-state index contributed by atoms with van der Waals surface area (Å²) in [5.41, 5.74) is 3.92. The topological polar surface area (TPSA) is 52.6 Å². The molecule has 4 nitrogen and oxygen atoms in total. The number of benzene rings is 1. The Morgan fingerprint density at radius 3 is 1.66 bits per heavy atom. The molecule has 2 rings (SSSR count). The van der Waals surface area contributed by atoms with Crippen LogP contribution in [0, 0.1) is 25.7 Å². The van der Waals surface area contributed by atoms with Crippen molar-refractivity contribution in [2.75, 3.05) is 0 Å². The summed E-state index contributed by atoms with van der Waals surface area (Å²) in [5, 5.41) is 0. The monoisotopic (exact) mass is 418 g/mol. The van der Waals surface area contributed by atoms with Crippen molar-refractivity contribution in [3.05, 3.63) is 22.3 Å². The fourth-order valence-electron chi connectivity index (χ4n) is 5.03. The second kappa shape index (κ2) is 9.46. The summed E-state index contributed by atoms with van der Waals surface area (Å²) < 4.78 is 11.4. The number of esters is 2. The van der Waals surface area contributed by atoms with Gasteiger partial charge in [-0.05, 0) is 49.7 Å². The van der Waals surface area contributed by atoms with Crippen LogP contribution in [0.2, 0.25) is 24.2 Å². The van der Waals surface area contributed by atoms with E-state index in [1.54, 1.807) is 0 Å². The Bertz CT molecular complexity index is 772. The van der Waals surface area contributed by atoms with Crippen LogP contribution in [0.15, 0.2) is 0 Å². The lowest BCUT2D eigenvalue weighted by Gasteiger charge is -2.39. The molecule has 0 bridgehead atoms. The molecule has 0 saturated carbocycles. The van der Waals surface area contributed by atoms with Crippen LogP contribution in [0.1, 0.15) is 63.8 Å². The molecule has 2 atom stereocenters. The van der Waals surface area contributed by atoms with E-state index in [9.17, 15) is 9.59 Å². The highest BCUT2D eigenvalue weighted by Crippen LogP contribution is 2.47. The number of carbonyl (C=O) groups is 2. The molecule has 29 heavy (non-hydrogen) atoms. The van der Waals surface area contributed by atoms with E-state index in [0.29, 0.717) is 23.3 Å². The fourth-order valence-corrected chi connectivity index (χ4v) is 9.05. The Hall–Kier alpha value is -1.62. The Morgan fingerprint density at radius 1 is 0.862 bits per heavy atom. The van der Waals surface area contributed by atoms with Crippen LogP contribution in [0.5, 0.6) is 11.5 Å². The largest absolute Gasteiger partial charge is 0.426 e. The SMILES string of the molecule is CC[Si](CC)(CC)C[C@H]1Cc2c(c(OC(C)=O)c(C)c(C)c2OC(C)=O)C[C@@H]1C. The van der Waals surface area contributed by atoms with Gasteiger partial charge in [0.25, 0.3) is 0 Å². The molecule has 1 aliphatic rings. The average Bonchev–Trinajstić information content (AvgIpc) is 2.67. The summed E-state index contributed by atoms with van der Waals surface area (Å²) in [5.74, 6) is 1.85. The smallest absolute Gasteiger partial charge is 0.308 e. The van der Waals surface area contributed by atoms with E-state index >= 15 is 0 Å². The van der Waals surface area contributed by atoms with E-state index in [1.807, 2.05) is 13.8 Å². The van der Waals surface area contributed by atoms with Gasteiger partial charge < -0.3 is 9.47 Å². The second-order valence-corrected chi connectivity index (χ2v) is 14.5. The fraction of sp³-hybridized carbons (Fsp3) is 0.667. The summed E-state index contributed by atoms with van der Waals surface area (Å²) >= 11 is 0. The molecule has 1 aromatic rings. The average molecular weight is 419 g/mol. The summed E-state index contributed by atoms with van der Waals surface area (Å²) in [6.45, 7) is 16.2.